The zero-order valence-corrected chi connectivity index (χ0v) is 25.2. The van der Waals surface area contributed by atoms with Crippen molar-refractivity contribution in [3.63, 3.8) is 0 Å². The molecule has 1 fully saturated rings. The predicted octanol–water partition coefficient (Wildman–Crippen LogP) is 5.90. The van der Waals surface area contributed by atoms with Crippen LogP contribution in [0.4, 0.5) is 20.4 Å². The average molecular weight is 582 g/mol. The third-order valence-electron chi connectivity index (χ3n) is 8.61. The van der Waals surface area contributed by atoms with Gasteiger partial charge in [-0.3, -0.25) is 14.3 Å². The lowest BCUT2D eigenvalue weighted by molar-refractivity contribution is -0.927. The highest BCUT2D eigenvalue weighted by Crippen LogP contribution is 2.39. The summed E-state index contributed by atoms with van der Waals surface area (Å²) in [6.07, 6.45) is 2.92. The van der Waals surface area contributed by atoms with Crippen LogP contribution in [0.2, 0.25) is 0 Å². The molecule has 1 saturated carbocycles. The zero-order chi connectivity index (χ0) is 30.7. The number of carbonyl (C=O) groups excluding carboxylic acids is 1. The van der Waals surface area contributed by atoms with Gasteiger partial charge in [-0.05, 0) is 81.5 Å². The van der Waals surface area contributed by atoms with Crippen molar-refractivity contribution >= 4 is 17.6 Å². The van der Waals surface area contributed by atoms with Gasteiger partial charge in [0.05, 0.1) is 31.7 Å². The summed E-state index contributed by atoms with van der Waals surface area (Å²) in [6, 6.07) is 10.2. The van der Waals surface area contributed by atoms with Crippen molar-refractivity contribution in [1.29, 1.82) is 0 Å². The number of alkyl halides is 2. The van der Waals surface area contributed by atoms with Crippen molar-refractivity contribution in [2.75, 3.05) is 26.1 Å². The maximum Gasteiger partial charge on any atom is 0.313 e. The molecule has 1 N–H and O–H groups in total. The van der Waals surface area contributed by atoms with Crippen LogP contribution >= 0.6 is 0 Å². The summed E-state index contributed by atoms with van der Waals surface area (Å²) in [5, 5.41) is 16.8. The molecule has 0 saturated heterocycles. The van der Waals surface area contributed by atoms with Crippen LogP contribution in [0.3, 0.4) is 0 Å². The molecule has 3 aromatic rings. The largest absolute Gasteiger partial charge is 0.845 e. The van der Waals surface area contributed by atoms with Crippen LogP contribution in [0.25, 0.3) is 11.3 Å². The maximum atomic E-state index is 13.8. The molecular formula is C32H41F2N5O3. The summed E-state index contributed by atoms with van der Waals surface area (Å²) in [5.74, 6) is 0.236. The molecule has 1 aliphatic carbocycles. The van der Waals surface area contributed by atoms with Gasteiger partial charge in [0.25, 0.3) is 6.43 Å². The number of hydrogen-bond acceptors (Lipinski definition) is 7. The Balaban J connectivity index is 1.40. The number of quaternary nitrogens is 1. The highest BCUT2D eigenvalue weighted by molar-refractivity contribution is 5.72. The van der Waals surface area contributed by atoms with Gasteiger partial charge >= 0.3 is 5.97 Å². The lowest BCUT2D eigenvalue weighted by atomic mass is 9.73. The van der Waals surface area contributed by atoms with Gasteiger partial charge in [-0.1, -0.05) is 25.4 Å². The first-order chi connectivity index (χ1) is 19.8. The quantitative estimate of drug-likeness (QED) is 0.181. The van der Waals surface area contributed by atoms with Crippen LogP contribution in [0, 0.1) is 18.8 Å². The van der Waals surface area contributed by atoms with E-state index in [1.165, 1.54) is 18.3 Å². The smallest absolute Gasteiger partial charge is 0.313 e. The van der Waals surface area contributed by atoms with Crippen molar-refractivity contribution in [3.05, 3.63) is 65.6 Å². The summed E-state index contributed by atoms with van der Waals surface area (Å²) in [4.78, 5) is 26.0. The van der Waals surface area contributed by atoms with Gasteiger partial charge in [0.15, 0.2) is 0 Å². The number of rotatable bonds is 10. The van der Waals surface area contributed by atoms with E-state index in [0.29, 0.717) is 60.1 Å². The maximum absolute atomic E-state index is 13.8. The third kappa shape index (κ3) is 7.46. The number of aryl methyl sites for hydroxylation is 1. The predicted molar refractivity (Wildman–Crippen MR) is 156 cm³/mol. The summed E-state index contributed by atoms with van der Waals surface area (Å²) in [7, 11) is 4.08. The van der Waals surface area contributed by atoms with Crippen molar-refractivity contribution in [2.45, 2.75) is 71.4 Å². The molecule has 1 aliphatic rings. The van der Waals surface area contributed by atoms with Crippen LogP contribution in [0.1, 0.15) is 69.7 Å². The standard InChI is InChI=1S/C32H41F2N5O3/c1-20(2)39(5,6)19-42-31(40)22-7-10-25(11-8-22)32(4,41)27-12-9-24(18-36-27)26-15-21(3)16-29(37-26)38-28-17-23(30(33)34)13-14-35-28/h9,12-18,20,22,25,30H,7-8,10-11,19H2,1-6H3,(H,35,37,38)/t22?,25?,32-/m1/s1. The Hall–Kier alpha value is -3.50. The van der Waals surface area contributed by atoms with Crippen molar-refractivity contribution in [2.24, 2.45) is 11.8 Å². The molecule has 4 rings (SSSR count). The fraction of sp³-hybridized carbons (Fsp3) is 0.500. The molecule has 0 unspecified atom stereocenters. The van der Waals surface area contributed by atoms with E-state index in [2.05, 4.69) is 34.1 Å². The van der Waals surface area contributed by atoms with E-state index < -0.39 is 12.0 Å². The number of carbonyl (C=O) groups is 1. The number of nitrogens with zero attached hydrogens (tertiary/aromatic N) is 4. The Bertz CT molecular complexity index is 1370. The Morgan fingerprint density at radius 2 is 1.81 bits per heavy atom. The first kappa shape index (κ1) is 31.4. The Labute approximate surface area is 246 Å². The minimum absolute atomic E-state index is 0.126. The third-order valence-corrected chi connectivity index (χ3v) is 8.61. The lowest BCUT2D eigenvalue weighted by Crippen LogP contribution is -2.49. The molecule has 42 heavy (non-hydrogen) atoms. The normalized spacial score (nSPS) is 19.0. The van der Waals surface area contributed by atoms with Crippen LogP contribution in [-0.4, -0.2) is 52.3 Å². The van der Waals surface area contributed by atoms with Crippen molar-refractivity contribution in [3.8, 4) is 11.3 Å². The Kier molecular flexibility index (Phi) is 9.57. The molecule has 226 valence electrons. The number of pyridine rings is 3. The van der Waals surface area contributed by atoms with E-state index in [4.69, 9.17) is 4.74 Å². The fourth-order valence-corrected chi connectivity index (χ4v) is 5.09. The topological polar surface area (TPSA) is 100 Å². The Morgan fingerprint density at radius 3 is 2.43 bits per heavy atom. The molecule has 3 heterocycles. The van der Waals surface area contributed by atoms with Crippen LogP contribution in [0.5, 0.6) is 0 Å². The monoisotopic (exact) mass is 581 g/mol. The van der Waals surface area contributed by atoms with Gasteiger partial charge in [0.1, 0.15) is 11.6 Å². The first-order valence-electron chi connectivity index (χ1n) is 14.4. The number of anilines is 2. The minimum atomic E-state index is -2.59. The first-order valence-corrected chi connectivity index (χ1v) is 14.4. The molecule has 1 atom stereocenters. The van der Waals surface area contributed by atoms with E-state index in [-0.39, 0.29) is 29.2 Å². The molecule has 0 spiro atoms. The van der Waals surface area contributed by atoms with E-state index in [0.717, 1.165) is 11.1 Å². The second-order valence-corrected chi connectivity index (χ2v) is 12.4. The van der Waals surface area contributed by atoms with Crippen molar-refractivity contribution < 1.29 is 27.9 Å². The average Bonchev–Trinajstić information content (AvgIpc) is 2.96. The molecular weight excluding hydrogens is 540 g/mol. The molecule has 8 nitrogen and oxygen atoms in total. The van der Waals surface area contributed by atoms with Gasteiger partial charge in [0, 0.05) is 29.2 Å². The van der Waals surface area contributed by atoms with E-state index >= 15 is 0 Å². The van der Waals surface area contributed by atoms with Gasteiger partial charge in [-0.25, -0.2) is 18.7 Å². The molecule has 3 aromatic heterocycles. The minimum Gasteiger partial charge on any atom is -0.845 e. The van der Waals surface area contributed by atoms with Crippen molar-refractivity contribution in [1.82, 2.24) is 15.0 Å². The van der Waals surface area contributed by atoms with Gasteiger partial charge in [0.2, 0.25) is 6.73 Å². The van der Waals surface area contributed by atoms with E-state index in [1.54, 1.807) is 25.3 Å². The Morgan fingerprint density at radius 1 is 1.10 bits per heavy atom. The molecule has 0 amide bonds. The number of ether oxygens (including phenoxy) is 1. The lowest BCUT2D eigenvalue weighted by Gasteiger charge is -2.46. The number of esters is 1. The van der Waals surface area contributed by atoms with E-state index in [9.17, 15) is 18.7 Å². The second-order valence-electron chi connectivity index (χ2n) is 12.4. The fourth-order valence-electron chi connectivity index (χ4n) is 5.09. The summed E-state index contributed by atoms with van der Waals surface area (Å²) < 4.78 is 32.4. The second kappa shape index (κ2) is 12.8. The molecule has 10 heteroatoms. The SMILES string of the molecule is Cc1cc(Nc2cc(C(F)F)ccn2)nc(-c2ccc([C@](C)([O-])C3CCC(C(=O)OC[N+](C)(C)C(C)C)CC3)nc2)c1. The number of halogens is 2. The molecule has 0 radical (unpaired) electrons. The van der Waals surface area contributed by atoms with Gasteiger partial charge in [-0.15, -0.1) is 0 Å². The van der Waals surface area contributed by atoms with Crippen LogP contribution in [0.15, 0.2) is 48.8 Å². The van der Waals surface area contributed by atoms with Crippen LogP contribution in [-0.2, 0) is 15.1 Å². The number of hydrogen-bond donors (Lipinski definition) is 1. The number of aromatic nitrogens is 3. The molecule has 0 aromatic carbocycles. The highest BCUT2D eigenvalue weighted by atomic mass is 19.3. The van der Waals surface area contributed by atoms with Gasteiger partial charge < -0.3 is 15.2 Å². The zero-order valence-electron chi connectivity index (χ0n) is 25.2. The summed E-state index contributed by atoms with van der Waals surface area (Å²) in [6.45, 7) is 8.11. The summed E-state index contributed by atoms with van der Waals surface area (Å²) in [5.41, 5.74) is 1.19. The number of nitrogens with one attached hydrogen (secondary N) is 1. The van der Waals surface area contributed by atoms with Crippen LogP contribution < -0.4 is 10.4 Å². The van der Waals surface area contributed by atoms with Gasteiger partial charge in [-0.2, -0.15) is 0 Å². The highest BCUT2D eigenvalue weighted by Gasteiger charge is 2.34. The molecule has 0 aliphatic heterocycles. The summed E-state index contributed by atoms with van der Waals surface area (Å²) >= 11 is 0. The molecule has 0 bridgehead atoms. The van der Waals surface area contributed by atoms with E-state index in [1.807, 2.05) is 33.2 Å².